The second-order valence-corrected chi connectivity index (χ2v) is 12.5. The van der Waals surface area contributed by atoms with Gasteiger partial charge in [-0.2, -0.15) is 0 Å². The van der Waals surface area contributed by atoms with Crippen molar-refractivity contribution in [1.29, 1.82) is 0 Å². The van der Waals surface area contributed by atoms with E-state index in [1.54, 1.807) is 18.2 Å². The highest BCUT2D eigenvalue weighted by atomic mass is 19.1. The van der Waals surface area contributed by atoms with Crippen molar-refractivity contribution in [2.45, 2.75) is 136 Å². The van der Waals surface area contributed by atoms with Crippen LogP contribution in [0.5, 0.6) is 17.2 Å². The normalized spacial score (nSPS) is 16.6. The van der Waals surface area contributed by atoms with Gasteiger partial charge in [0, 0.05) is 0 Å². The molecule has 0 saturated heterocycles. The molecule has 0 radical (unpaired) electrons. The van der Waals surface area contributed by atoms with E-state index < -0.39 is 11.8 Å². The van der Waals surface area contributed by atoms with E-state index in [1.165, 1.54) is 115 Å². The topological polar surface area (TPSA) is 44.8 Å². The van der Waals surface area contributed by atoms with E-state index in [2.05, 4.69) is 13.8 Å². The number of ether oxygens (including phenoxy) is 3. The number of esters is 1. The Bertz CT molecular complexity index is 1020. The first-order valence-electron chi connectivity index (χ1n) is 17.5. The molecular weight excluding hydrogens is 539 g/mol. The third-order valence-corrected chi connectivity index (χ3v) is 8.94. The van der Waals surface area contributed by atoms with E-state index in [-0.39, 0.29) is 11.3 Å². The van der Waals surface area contributed by atoms with Gasteiger partial charge in [0.15, 0.2) is 11.6 Å². The van der Waals surface area contributed by atoms with Crippen LogP contribution in [0.2, 0.25) is 0 Å². The zero-order chi connectivity index (χ0) is 30.5. The first-order valence-corrected chi connectivity index (χ1v) is 17.5. The fraction of sp³-hybridized carbons (Fsp3) is 0.658. The van der Waals surface area contributed by atoms with Gasteiger partial charge in [-0.05, 0) is 73.6 Å². The lowest BCUT2D eigenvalue weighted by molar-refractivity contribution is 0.0734. The SMILES string of the molecule is CCCCCCCCCCCOc1ccc(C(=O)Oc2ccc(OCCCC3CCCCC3CCCCC)cc2)cc1F. The van der Waals surface area contributed by atoms with Crippen molar-refractivity contribution < 1.29 is 23.4 Å². The molecule has 0 amide bonds. The first-order chi connectivity index (χ1) is 21.1. The predicted molar refractivity (Wildman–Crippen MR) is 175 cm³/mol. The molecule has 240 valence electrons. The average molecular weight is 597 g/mol. The van der Waals surface area contributed by atoms with E-state index in [0.29, 0.717) is 19.0 Å². The van der Waals surface area contributed by atoms with Crippen LogP contribution in [-0.2, 0) is 0 Å². The van der Waals surface area contributed by atoms with Crippen LogP contribution in [0, 0.1) is 17.7 Å². The Morgan fingerprint density at radius 1 is 0.674 bits per heavy atom. The summed E-state index contributed by atoms with van der Waals surface area (Å²) in [5.41, 5.74) is 0.156. The van der Waals surface area contributed by atoms with E-state index in [0.717, 1.165) is 36.8 Å². The standard InChI is InChI=1S/C38H57FO4/c1-3-5-7-8-9-10-11-12-16-28-42-37-27-22-33(30-36(37)39)38(40)43-35-25-23-34(24-26-35)41-29-17-21-32-20-15-14-19-31(32)18-13-6-4-2/h22-27,30-32H,3-21,28-29H2,1-2H3. The summed E-state index contributed by atoms with van der Waals surface area (Å²) in [6.45, 7) is 5.69. The van der Waals surface area contributed by atoms with Crippen LogP contribution >= 0.6 is 0 Å². The van der Waals surface area contributed by atoms with Gasteiger partial charge in [0.2, 0.25) is 0 Å². The minimum absolute atomic E-state index is 0.156. The fourth-order valence-electron chi connectivity index (χ4n) is 6.35. The van der Waals surface area contributed by atoms with E-state index in [4.69, 9.17) is 14.2 Å². The Labute approximate surface area is 261 Å². The molecule has 1 aliphatic carbocycles. The summed E-state index contributed by atoms with van der Waals surface area (Å²) >= 11 is 0. The Morgan fingerprint density at radius 2 is 1.23 bits per heavy atom. The summed E-state index contributed by atoms with van der Waals surface area (Å²) in [7, 11) is 0. The van der Waals surface area contributed by atoms with Gasteiger partial charge >= 0.3 is 5.97 Å². The minimum atomic E-state index is -0.598. The number of carbonyl (C=O) groups excluding carboxylic acids is 1. The first kappa shape index (κ1) is 34.9. The Hall–Kier alpha value is -2.56. The van der Waals surface area contributed by atoms with Crippen molar-refractivity contribution in [3.05, 3.63) is 53.8 Å². The lowest BCUT2D eigenvalue weighted by atomic mass is 9.74. The van der Waals surface area contributed by atoms with Crippen molar-refractivity contribution in [3.63, 3.8) is 0 Å². The maximum absolute atomic E-state index is 14.6. The van der Waals surface area contributed by atoms with Gasteiger partial charge in [-0.25, -0.2) is 9.18 Å². The zero-order valence-electron chi connectivity index (χ0n) is 27.1. The Balaban J connectivity index is 1.32. The van der Waals surface area contributed by atoms with Crippen molar-refractivity contribution in [1.82, 2.24) is 0 Å². The highest BCUT2D eigenvalue weighted by molar-refractivity contribution is 5.91. The van der Waals surface area contributed by atoms with Crippen LogP contribution in [0.3, 0.4) is 0 Å². The molecule has 2 unspecified atom stereocenters. The summed E-state index contributed by atoms with van der Waals surface area (Å²) in [6.07, 6.45) is 24.3. The van der Waals surface area contributed by atoms with Gasteiger partial charge in [-0.15, -0.1) is 0 Å². The molecule has 1 fully saturated rings. The summed E-state index contributed by atoms with van der Waals surface area (Å²) in [4.78, 5) is 12.6. The quantitative estimate of drug-likeness (QED) is 0.0770. The van der Waals surface area contributed by atoms with Gasteiger partial charge in [0.25, 0.3) is 0 Å². The summed E-state index contributed by atoms with van der Waals surface area (Å²) in [5.74, 6) is 1.95. The number of benzene rings is 2. The molecule has 0 heterocycles. The number of unbranched alkanes of at least 4 members (excludes halogenated alkanes) is 10. The molecule has 4 nitrogen and oxygen atoms in total. The molecule has 2 aromatic carbocycles. The molecule has 2 aromatic rings. The van der Waals surface area contributed by atoms with Crippen LogP contribution in [0.1, 0.15) is 146 Å². The van der Waals surface area contributed by atoms with Crippen LogP contribution in [0.25, 0.3) is 0 Å². The summed E-state index contributed by atoms with van der Waals surface area (Å²) in [6, 6.07) is 11.3. The molecule has 0 aromatic heterocycles. The molecule has 5 heteroatoms. The molecule has 0 N–H and O–H groups in total. The molecule has 2 atom stereocenters. The van der Waals surface area contributed by atoms with Crippen LogP contribution in [-0.4, -0.2) is 19.2 Å². The summed E-state index contributed by atoms with van der Waals surface area (Å²) in [5, 5.41) is 0. The van der Waals surface area contributed by atoms with Gasteiger partial charge in [-0.1, -0.05) is 117 Å². The smallest absolute Gasteiger partial charge is 0.343 e. The molecule has 1 aliphatic rings. The van der Waals surface area contributed by atoms with E-state index in [1.807, 2.05) is 12.1 Å². The average Bonchev–Trinajstić information content (AvgIpc) is 3.02. The van der Waals surface area contributed by atoms with Crippen molar-refractivity contribution in [3.8, 4) is 17.2 Å². The van der Waals surface area contributed by atoms with Crippen LogP contribution < -0.4 is 14.2 Å². The molecular formula is C38H57FO4. The molecule has 0 bridgehead atoms. The number of hydrogen-bond acceptors (Lipinski definition) is 4. The third-order valence-electron chi connectivity index (χ3n) is 8.94. The van der Waals surface area contributed by atoms with Crippen molar-refractivity contribution in [2.24, 2.45) is 11.8 Å². The zero-order valence-corrected chi connectivity index (χ0v) is 27.1. The van der Waals surface area contributed by atoms with Gasteiger partial charge < -0.3 is 14.2 Å². The monoisotopic (exact) mass is 596 g/mol. The maximum Gasteiger partial charge on any atom is 0.343 e. The molecule has 0 aliphatic heterocycles. The second kappa shape index (κ2) is 21.2. The number of hydrogen-bond donors (Lipinski definition) is 0. The largest absolute Gasteiger partial charge is 0.494 e. The predicted octanol–water partition coefficient (Wildman–Crippen LogP) is 11.5. The molecule has 43 heavy (non-hydrogen) atoms. The van der Waals surface area contributed by atoms with Gasteiger partial charge in [0.05, 0.1) is 18.8 Å². The van der Waals surface area contributed by atoms with Gasteiger partial charge in [-0.3, -0.25) is 0 Å². The molecule has 0 spiro atoms. The lowest BCUT2D eigenvalue weighted by Crippen LogP contribution is -2.20. The van der Waals surface area contributed by atoms with Crippen LogP contribution in [0.15, 0.2) is 42.5 Å². The van der Waals surface area contributed by atoms with E-state index in [9.17, 15) is 9.18 Å². The molecule has 1 saturated carbocycles. The highest BCUT2D eigenvalue weighted by Gasteiger charge is 2.24. The maximum atomic E-state index is 14.6. The Morgan fingerprint density at radius 3 is 1.88 bits per heavy atom. The second-order valence-electron chi connectivity index (χ2n) is 12.5. The van der Waals surface area contributed by atoms with Crippen LogP contribution in [0.4, 0.5) is 4.39 Å². The number of carbonyl (C=O) groups is 1. The summed E-state index contributed by atoms with van der Waals surface area (Å²) < 4.78 is 31.7. The number of halogens is 1. The lowest BCUT2D eigenvalue weighted by Gasteiger charge is -2.31. The van der Waals surface area contributed by atoms with E-state index >= 15 is 0 Å². The number of rotatable bonds is 22. The third kappa shape index (κ3) is 13.7. The minimum Gasteiger partial charge on any atom is -0.494 e. The van der Waals surface area contributed by atoms with Crippen molar-refractivity contribution >= 4 is 5.97 Å². The Kier molecular flexibility index (Phi) is 17.2. The van der Waals surface area contributed by atoms with Gasteiger partial charge in [0.1, 0.15) is 11.5 Å². The van der Waals surface area contributed by atoms with Crippen molar-refractivity contribution in [2.75, 3.05) is 13.2 Å². The fourth-order valence-corrected chi connectivity index (χ4v) is 6.35. The highest BCUT2D eigenvalue weighted by Crippen LogP contribution is 2.36. The molecule has 3 rings (SSSR count).